The van der Waals surface area contributed by atoms with E-state index in [2.05, 4.69) is 0 Å². The Bertz CT molecular complexity index is 430. The van der Waals surface area contributed by atoms with Crippen LogP contribution in [-0.2, 0) is 6.54 Å². The quantitative estimate of drug-likeness (QED) is 0.670. The molecule has 0 radical (unpaired) electrons. The van der Waals surface area contributed by atoms with Gasteiger partial charge in [-0.25, -0.2) is 0 Å². The molecule has 0 aliphatic heterocycles. The molecule has 0 fully saturated rings. The van der Waals surface area contributed by atoms with Gasteiger partial charge in [0.05, 0.1) is 5.56 Å². The third-order valence-corrected chi connectivity index (χ3v) is 2.37. The Morgan fingerprint density at radius 2 is 2.00 bits per heavy atom. The highest BCUT2D eigenvalue weighted by Crippen LogP contribution is 2.06. The highest BCUT2D eigenvalue weighted by atomic mass is 16.1. The molecule has 0 atom stereocenters. The Balaban J connectivity index is 3.61. The number of rotatable bonds is 2. The van der Waals surface area contributed by atoms with Gasteiger partial charge in [-0.3, -0.25) is 9.59 Å². The van der Waals surface area contributed by atoms with Gasteiger partial charge in [0.1, 0.15) is 0 Å². The van der Waals surface area contributed by atoms with Crippen molar-refractivity contribution in [2.24, 2.45) is 0 Å². The van der Waals surface area contributed by atoms with Crippen molar-refractivity contribution in [3.63, 3.8) is 0 Å². The number of carbonyl (C=O) groups is 1. The molecule has 1 rings (SSSR count). The van der Waals surface area contributed by atoms with Gasteiger partial charge in [0.15, 0.2) is 5.78 Å². The van der Waals surface area contributed by atoms with Gasteiger partial charge in [-0.15, -0.1) is 0 Å². The summed E-state index contributed by atoms with van der Waals surface area (Å²) in [6, 6.07) is 1.88. The molecule has 0 bridgehead atoms. The SMILES string of the molecule is CCn1c(C)cc(C)c(C(C)=O)c1=O. The Kier molecular flexibility index (Phi) is 2.89. The van der Waals surface area contributed by atoms with Gasteiger partial charge in [0, 0.05) is 12.2 Å². The second-order valence-corrected chi connectivity index (χ2v) is 3.45. The van der Waals surface area contributed by atoms with E-state index in [1.165, 1.54) is 6.92 Å². The van der Waals surface area contributed by atoms with Crippen molar-refractivity contribution in [3.05, 3.63) is 33.2 Å². The zero-order valence-electron chi connectivity index (χ0n) is 9.05. The summed E-state index contributed by atoms with van der Waals surface area (Å²) in [6.07, 6.45) is 0. The topological polar surface area (TPSA) is 39.1 Å². The summed E-state index contributed by atoms with van der Waals surface area (Å²) < 4.78 is 1.61. The van der Waals surface area contributed by atoms with Gasteiger partial charge >= 0.3 is 0 Å². The Morgan fingerprint density at radius 3 is 2.43 bits per heavy atom. The predicted molar refractivity (Wildman–Crippen MR) is 55.9 cm³/mol. The number of aryl methyl sites for hydroxylation is 2. The second kappa shape index (κ2) is 3.78. The molecule has 0 unspecified atom stereocenters. The van der Waals surface area contributed by atoms with Crippen molar-refractivity contribution in [2.45, 2.75) is 34.2 Å². The molecule has 0 saturated heterocycles. The second-order valence-electron chi connectivity index (χ2n) is 3.45. The molecular formula is C11H15NO2. The minimum absolute atomic E-state index is 0.158. The van der Waals surface area contributed by atoms with Gasteiger partial charge in [0.2, 0.25) is 0 Å². The number of nitrogens with zero attached hydrogens (tertiary/aromatic N) is 1. The van der Waals surface area contributed by atoms with Crippen LogP contribution in [0.4, 0.5) is 0 Å². The van der Waals surface area contributed by atoms with E-state index in [0.717, 1.165) is 11.3 Å². The van der Waals surface area contributed by atoms with Crippen LogP contribution >= 0.6 is 0 Å². The molecule has 76 valence electrons. The largest absolute Gasteiger partial charge is 0.313 e. The molecular weight excluding hydrogens is 178 g/mol. The van der Waals surface area contributed by atoms with Crippen LogP contribution in [0.5, 0.6) is 0 Å². The summed E-state index contributed by atoms with van der Waals surface area (Å²) >= 11 is 0. The molecule has 0 saturated carbocycles. The van der Waals surface area contributed by atoms with Gasteiger partial charge < -0.3 is 4.57 Å². The molecule has 14 heavy (non-hydrogen) atoms. The third kappa shape index (κ3) is 1.62. The van der Waals surface area contributed by atoms with E-state index < -0.39 is 0 Å². The Labute approximate surface area is 83.4 Å². The van der Waals surface area contributed by atoms with Crippen LogP contribution in [0.2, 0.25) is 0 Å². The van der Waals surface area contributed by atoms with Crippen molar-refractivity contribution in [3.8, 4) is 0 Å². The molecule has 0 aromatic carbocycles. The maximum absolute atomic E-state index is 11.8. The fraction of sp³-hybridized carbons (Fsp3) is 0.455. The standard InChI is InChI=1S/C11H15NO2/c1-5-12-8(3)6-7(2)10(9(4)13)11(12)14/h6H,5H2,1-4H3. The van der Waals surface area contributed by atoms with E-state index in [4.69, 9.17) is 0 Å². The minimum atomic E-state index is -0.169. The molecule has 0 amide bonds. The molecule has 3 heteroatoms. The number of hydrogen-bond donors (Lipinski definition) is 0. The predicted octanol–water partition coefficient (Wildman–Crippen LogP) is 1.69. The first kappa shape index (κ1) is 10.7. The number of aromatic nitrogens is 1. The lowest BCUT2D eigenvalue weighted by Gasteiger charge is -2.10. The molecule has 0 aliphatic carbocycles. The lowest BCUT2D eigenvalue weighted by molar-refractivity contribution is 0.101. The number of carbonyl (C=O) groups excluding carboxylic acids is 1. The lowest BCUT2D eigenvalue weighted by Crippen LogP contribution is -2.27. The van der Waals surface area contributed by atoms with E-state index >= 15 is 0 Å². The van der Waals surface area contributed by atoms with Crippen molar-refractivity contribution in [1.29, 1.82) is 0 Å². The highest BCUT2D eigenvalue weighted by Gasteiger charge is 2.12. The Morgan fingerprint density at radius 1 is 1.43 bits per heavy atom. The zero-order chi connectivity index (χ0) is 10.9. The molecule has 1 heterocycles. The fourth-order valence-corrected chi connectivity index (χ4v) is 1.75. The molecule has 0 aliphatic rings. The van der Waals surface area contributed by atoms with Crippen molar-refractivity contribution in [1.82, 2.24) is 4.57 Å². The summed E-state index contributed by atoms with van der Waals surface area (Å²) in [6.45, 7) is 7.60. The summed E-state index contributed by atoms with van der Waals surface area (Å²) in [5.41, 5.74) is 1.82. The third-order valence-electron chi connectivity index (χ3n) is 2.37. The number of hydrogen-bond acceptors (Lipinski definition) is 2. The summed E-state index contributed by atoms with van der Waals surface area (Å²) in [5.74, 6) is -0.158. The van der Waals surface area contributed by atoms with Crippen molar-refractivity contribution < 1.29 is 4.79 Å². The van der Waals surface area contributed by atoms with E-state index in [0.29, 0.717) is 12.1 Å². The van der Waals surface area contributed by atoms with Gasteiger partial charge in [0.25, 0.3) is 5.56 Å². The lowest BCUT2D eigenvalue weighted by atomic mass is 10.1. The van der Waals surface area contributed by atoms with Crippen LogP contribution in [0.3, 0.4) is 0 Å². The first-order valence-corrected chi connectivity index (χ1v) is 4.71. The highest BCUT2D eigenvalue weighted by molar-refractivity contribution is 5.95. The van der Waals surface area contributed by atoms with E-state index in [1.807, 2.05) is 19.9 Å². The molecule has 1 aromatic heterocycles. The maximum Gasteiger partial charge on any atom is 0.261 e. The monoisotopic (exact) mass is 193 g/mol. The number of ketones is 1. The van der Waals surface area contributed by atoms with Crippen molar-refractivity contribution in [2.75, 3.05) is 0 Å². The first-order valence-electron chi connectivity index (χ1n) is 4.71. The Hall–Kier alpha value is -1.38. The molecule has 0 N–H and O–H groups in total. The van der Waals surface area contributed by atoms with E-state index in [1.54, 1.807) is 11.5 Å². The van der Waals surface area contributed by atoms with E-state index in [-0.39, 0.29) is 11.3 Å². The molecule has 0 spiro atoms. The molecule has 1 aromatic rings. The maximum atomic E-state index is 11.8. The van der Waals surface area contributed by atoms with Crippen LogP contribution < -0.4 is 5.56 Å². The summed E-state index contributed by atoms with van der Waals surface area (Å²) in [5, 5.41) is 0. The zero-order valence-corrected chi connectivity index (χ0v) is 9.05. The van der Waals surface area contributed by atoms with Crippen LogP contribution in [0.1, 0.15) is 35.5 Å². The minimum Gasteiger partial charge on any atom is -0.313 e. The summed E-state index contributed by atoms with van der Waals surface area (Å²) in [4.78, 5) is 23.1. The van der Waals surface area contributed by atoms with Gasteiger partial charge in [-0.05, 0) is 39.3 Å². The average molecular weight is 193 g/mol. The van der Waals surface area contributed by atoms with E-state index in [9.17, 15) is 9.59 Å². The number of Topliss-reactive ketones (excluding diaryl/α,β-unsaturated/α-hetero) is 1. The normalized spacial score (nSPS) is 10.3. The fourth-order valence-electron chi connectivity index (χ4n) is 1.75. The number of pyridine rings is 1. The van der Waals surface area contributed by atoms with Crippen LogP contribution in [-0.4, -0.2) is 10.4 Å². The van der Waals surface area contributed by atoms with Crippen molar-refractivity contribution >= 4 is 5.78 Å². The van der Waals surface area contributed by atoms with Crippen LogP contribution in [0.15, 0.2) is 10.9 Å². The summed E-state index contributed by atoms with van der Waals surface area (Å²) in [7, 11) is 0. The van der Waals surface area contributed by atoms with Gasteiger partial charge in [-0.1, -0.05) is 0 Å². The molecule has 3 nitrogen and oxygen atoms in total. The van der Waals surface area contributed by atoms with Crippen LogP contribution in [0.25, 0.3) is 0 Å². The van der Waals surface area contributed by atoms with Gasteiger partial charge in [-0.2, -0.15) is 0 Å². The average Bonchev–Trinajstić information content (AvgIpc) is 2.02. The van der Waals surface area contributed by atoms with Crippen LogP contribution in [0, 0.1) is 13.8 Å². The smallest absolute Gasteiger partial charge is 0.261 e. The first-order chi connectivity index (χ1) is 6.49.